The van der Waals surface area contributed by atoms with Crippen molar-refractivity contribution in [2.24, 2.45) is 5.16 Å². The van der Waals surface area contributed by atoms with Crippen molar-refractivity contribution in [2.75, 3.05) is 6.54 Å². The minimum absolute atomic E-state index is 0.0223. The van der Waals surface area contributed by atoms with Gasteiger partial charge in [-0.25, -0.2) is 0 Å². The molecule has 0 radical (unpaired) electrons. The number of amides is 2. The lowest BCUT2D eigenvalue weighted by Gasteiger charge is -2.29. The molecule has 2 atom stereocenters. The van der Waals surface area contributed by atoms with Gasteiger partial charge in [0.2, 0.25) is 5.91 Å². The first kappa shape index (κ1) is 29.1. The van der Waals surface area contributed by atoms with Gasteiger partial charge in [-0.2, -0.15) is 26.3 Å². The number of nitrogens with zero attached hydrogens (tertiary/aromatic N) is 1. The number of rotatable bonds is 7. The molecule has 0 aliphatic carbocycles. The number of thiophene rings is 1. The number of carbonyl (C=O) groups is 2. The largest absolute Gasteiger partial charge is 0.435 e. The fourth-order valence-electron chi connectivity index (χ4n) is 3.64. The Labute approximate surface area is 220 Å². The summed E-state index contributed by atoms with van der Waals surface area (Å²) in [6.45, 7) is 2.11. The van der Waals surface area contributed by atoms with E-state index in [-0.39, 0.29) is 31.1 Å². The summed E-state index contributed by atoms with van der Waals surface area (Å²) in [5.41, 5.74) is -2.86. The number of benzene rings is 1. The summed E-state index contributed by atoms with van der Waals surface area (Å²) in [5.74, 6) is -1.56. The zero-order valence-electron chi connectivity index (χ0n) is 19.1. The van der Waals surface area contributed by atoms with Crippen molar-refractivity contribution < 1.29 is 40.8 Å². The Morgan fingerprint density at radius 2 is 1.76 bits per heavy atom. The van der Waals surface area contributed by atoms with Gasteiger partial charge >= 0.3 is 12.4 Å². The van der Waals surface area contributed by atoms with Crippen LogP contribution in [0.5, 0.6) is 0 Å². The Morgan fingerprint density at radius 1 is 1.14 bits per heavy atom. The van der Waals surface area contributed by atoms with Crippen molar-refractivity contribution in [1.29, 1.82) is 0 Å². The van der Waals surface area contributed by atoms with Gasteiger partial charge in [0.25, 0.3) is 11.5 Å². The molecule has 0 saturated carbocycles. The standard InChI is InChI=1S/C22H19Cl2F6N3O3S/c1-10-3-16(37-18(10)19(35)31-9-17(34)32-11(2)7-21(25,26)27)15-8-20(36-33-15,22(28,29)30)12-4-13(23)6-14(24)5-12/h3-6,11H,7-9H2,1-2H3,(H,31,35)(H,32,34). The SMILES string of the molecule is Cc1cc(C2=NOC(c3cc(Cl)cc(Cl)c3)(C(F)(F)F)C2)sc1C(=O)NCC(=O)NC(C)CC(F)(F)F. The van der Waals surface area contributed by atoms with Gasteiger partial charge in [-0.15, -0.1) is 11.3 Å². The van der Waals surface area contributed by atoms with Gasteiger partial charge in [0.1, 0.15) is 5.71 Å². The third-order valence-electron chi connectivity index (χ3n) is 5.28. The average Bonchev–Trinajstić information content (AvgIpc) is 3.34. The van der Waals surface area contributed by atoms with E-state index >= 15 is 0 Å². The Hall–Kier alpha value is -2.51. The molecule has 2 aromatic rings. The van der Waals surface area contributed by atoms with Crippen LogP contribution in [-0.2, 0) is 15.2 Å². The van der Waals surface area contributed by atoms with Crippen LogP contribution in [0.4, 0.5) is 26.3 Å². The van der Waals surface area contributed by atoms with Crippen LogP contribution in [0.1, 0.15) is 45.4 Å². The maximum Gasteiger partial charge on any atom is 0.435 e. The molecule has 2 unspecified atom stereocenters. The van der Waals surface area contributed by atoms with Crippen molar-refractivity contribution in [1.82, 2.24) is 10.6 Å². The van der Waals surface area contributed by atoms with Gasteiger partial charge in [0.15, 0.2) is 0 Å². The van der Waals surface area contributed by atoms with Gasteiger partial charge in [-0.3, -0.25) is 9.59 Å². The normalized spacial score (nSPS) is 18.7. The highest BCUT2D eigenvalue weighted by Gasteiger charge is 2.62. The fraction of sp³-hybridized carbons (Fsp3) is 0.409. The quantitative estimate of drug-likeness (QED) is 0.381. The van der Waals surface area contributed by atoms with Crippen LogP contribution in [-0.4, -0.2) is 42.5 Å². The molecule has 6 nitrogen and oxygen atoms in total. The van der Waals surface area contributed by atoms with Crippen LogP contribution < -0.4 is 10.6 Å². The molecular weight excluding hydrogens is 571 g/mol. The molecule has 0 saturated heterocycles. The van der Waals surface area contributed by atoms with Crippen LogP contribution in [0.3, 0.4) is 0 Å². The Balaban J connectivity index is 1.72. The third kappa shape index (κ3) is 6.88. The zero-order valence-corrected chi connectivity index (χ0v) is 21.4. The number of halogens is 8. The summed E-state index contributed by atoms with van der Waals surface area (Å²) in [5, 5.41) is 8.01. The molecule has 1 aliphatic rings. The van der Waals surface area contributed by atoms with Gasteiger partial charge in [0.05, 0.1) is 29.1 Å². The number of carbonyl (C=O) groups excluding carboxylic acids is 2. The van der Waals surface area contributed by atoms with Crippen LogP contribution in [0.2, 0.25) is 10.0 Å². The van der Waals surface area contributed by atoms with E-state index in [9.17, 15) is 35.9 Å². The van der Waals surface area contributed by atoms with Crippen molar-refractivity contribution in [2.45, 2.75) is 50.7 Å². The summed E-state index contributed by atoms with van der Waals surface area (Å²) in [6.07, 6.45) is -11.3. The van der Waals surface area contributed by atoms with Crippen LogP contribution in [0.15, 0.2) is 29.4 Å². The minimum Gasteiger partial charge on any atom is -0.374 e. The lowest BCUT2D eigenvalue weighted by Crippen LogP contribution is -2.42. The predicted octanol–water partition coefficient (Wildman–Crippen LogP) is 6.13. The van der Waals surface area contributed by atoms with Crippen molar-refractivity contribution in [3.8, 4) is 0 Å². The Kier molecular flexibility index (Phi) is 8.40. The molecule has 15 heteroatoms. The lowest BCUT2D eigenvalue weighted by molar-refractivity contribution is -0.275. The number of aryl methyl sites for hydroxylation is 1. The van der Waals surface area contributed by atoms with Crippen molar-refractivity contribution in [3.05, 3.63) is 55.2 Å². The third-order valence-corrected chi connectivity index (χ3v) is 7.00. The van der Waals surface area contributed by atoms with Crippen LogP contribution in [0.25, 0.3) is 0 Å². The molecule has 0 bridgehead atoms. The molecule has 3 rings (SSSR count). The Bertz CT molecular complexity index is 1210. The summed E-state index contributed by atoms with van der Waals surface area (Å²) in [4.78, 5) is 29.7. The van der Waals surface area contributed by atoms with E-state index in [2.05, 4.69) is 15.8 Å². The molecule has 37 heavy (non-hydrogen) atoms. The molecule has 2 amide bonds. The van der Waals surface area contributed by atoms with Gasteiger partial charge in [0, 0.05) is 21.7 Å². The monoisotopic (exact) mass is 589 g/mol. The highest BCUT2D eigenvalue weighted by atomic mass is 35.5. The van der Waals surface area contributed by atoms with E-state index in [4.69, 9.17) is 28.0 Å². The molecule has 2 heterocycles. The topological polar surface area (TPSA) is 79.8 Å². The first-order chi connectivity index (χ1) is 17.0. The van der Waals surface area contributed by atoms with Gasteiger partial charge in [-0.05, 0) is 43.7 Å². The van der Waals surface area contributed by atoms with E-state index < -0.39 is 55.2 Å². The molecule has 0 spiro atoms. The summed E-state index contributed by atoms with van der Waals surface area (Å²) >= 11 is 12.6. The molecule has 0 fully saturated rings. The minimum atomic E-state index is -4.89. The lowest BCUT2D eigenvalue weighted by atomic mass is 9.88. The number of nitrogens with one attached hydrogen (secondary N) is 2. The van der Waals surface area contributed by atoms with E-state index in [1.165, 1.54) is 26.0 Å². The predicted molar refractivity (Wildman–Crippen MR) is 126 cm³/mol. The summed E-state index contributed by atoms with van der Waals surface area (Å²) in [7, 11) is 0. The second kappa shape index (κ2) is 10.7. The first-order valence-corrected chi connectivity index (χ1v) is 12.1. The molecule has 1 aromatic carbocycles. The highest BCUT2D eigenvalue weighted by Crippen LogP contribution is 2.50. The number of hydrogen-bond acceptors (Lipinski definition) is 5. The Morgan fingerprint density at radius 3 is 2.32 bits per heavy atom. The smallest absolute Gasteiger partial charge is 0.374 e. The fourth-order valence-corrected chi connectivity index (χ4v) is 5.23. The maximum absolute atomic E-state index is 14.2. The average molecular weight is 590 g/mol. The summed E-state index contributed by atoms with van der Waals surface area (Å²) < 4.78 is 79.7. The van der Waals surface area contributed by atoms with E-state index in [1.54, 1.807) is 0 Å². The van der Waals surface area contributed by atoms with E-state index in [0.29, 0.717) is 5.56 Å². The number of alkyl halides is 6. The second-order valence-corrected chi connectivity index (χ2v) is 10.3. The van der Waals surface area contributed by atoms with Crippen LogP contribution in [0, 0.1) is 6.92 Å². The number of oxime groups is 1. The van der Waals surface area contributed by atoms with Gasteiger partial charge < -0.3 is 15.5 Å². The first-order valence-electron chi connectivity index (χ1n) is 10.5. The van der Waals surface area contributed by atoms with Crippen molar-refractivity contribution in [3.63, 3.8) is 0 Å². The molecule has 1 aliphatic heterocycles. The summed E-state index contributed by atoms with van der Waals surface area (Å²) in [6, 6.07) is 3.70. The molecular formula is C22H19Cl2F6N3O3S. The maximum atomic E-state index is 14.2. The zero-order chi connectivity index (χ0) is 27.8. The number of hydrogen-bond donors (Lipinski definition) is 2. The van der Waals surface area contributed by atoms with E-state index in [0.717, 1.165) is 23.5 Å². The van der Waals surface area contributed by atoms with Crippen molar-refractivity contribution >= 4 is 52.1 Å². The highest BCUT2D eigenvalue weighted by molar-refractivity contribution is 7.16. The van der Waals surface area contributed by atoms with Crippen LogP contribution >= 0.6 is 34.5 Å². The second-order valence-electron chi connectivity index (χ2n) is 8.38. The molecule has 202 valence electrons. The van der Waals surface area contributed by atoms with Gasteiger partial charge in [-0.1, -0.05) is 28.4 Å². The van der Waals surface area contributed by atoms with E-state index in [1.807, 2.05) is 0 Å². The molecule has 1 aromatic heterocycles. The molecule has 2 N–H and O–H groups in total.